The number of esters is 2. The summed E-state index contributed by atoms with van der Waals surface area (Å²) >= 11 is 1.95. The molecule has 0 radical (unpaired) electrons. The second kappa shape index (κ2) is 7.87. The maximum absolute atomic E-state index is 13.5. The number of halogens is 2. The van der Waals surface area contributed by atoms with E-state index in [1.807, 2.05) is 28.7 Å². The minimum atomic E-state index is -0.743. The molecule has 0 aliphatic heterocycles. The van der Waals surface area contributed by atoms with Gasteiger partial charge in [-0.3, -0.25) is 0 Å². The van der Waals surface area contributed by atoms with E-state index in [0.717, 1.165) is 0 Å². The molecule has 1 heterocycles. The molecule has 0 bridgehead atoms. The van der Waals surface area contributed by atoms with Crippen molar-refractivity contribution in [2.75, 3.05) is 14.2 Å². The van der Waals surface area contributed by atoms with E-state index >= 15 is 0 Å². The van der Waals surface area contributed by atoms with Crippen molar-refractivity contribution in [2.24, 2.45) is 0 Å². The van der Waals surface area contributed by atoms with Crippen LogP contribution < -0.4 is 0 Å². The van der Waals surface area contributed by atoms with Gasteiger partial charge in [-0.25, -0.2) is 18.7 Å². The molecule has 0 amide bonds. The fraction of sp³-hybridized carbons (Fsp3) is 0.105. The Morgan fingerprint density at radius 2 is 1.70 bits per heavy atom. The average molecular weight is 480 g/mol. The molecular formula is C19H14FIN2O4. The maximum atomic E-state index is 13.5. The zero-order valence-electron chi connectivity index (χ0n) is 14.4. The van der Waals surface area contributed by atoms with E-state index in [1.165, 1.54) is 37.1 Å². The van der Waals surface area contributed by atoms with Gasteiger partial charge in [0.15, 0.2) is 5.69 Å². The second-order valence-corrected chi connectivity index (χ2v) is 6.59. The van der Waals surface area contributed by atoms with Crippen LogP contribution in [0.1, 0.15) is 20.8 Å². The predicted octanol–water partition coefficient (Wildman–Crippen LogP) is 3.86. The number of carbonyl (C=O) groups excluding carboxylic acids is 2. The third kappa shape index (κ3) is 3.57. The van der Waals surface area contributed by atoms with Crippen molar-refractivity contribution in [1.29, 1.82) is 0 Å². The van der Waals surface area contributed by atoms with Crippen molar-refractivity contribution in [2.45, 2.75) is 0 Å². The topological polar surface area (TPSA) is 70.4 Å². The van der Waals surface area contributed by atoms with Gasteiger partial charge in [-0.1, -0.05) is 18.2 Å². The third-order valence-electron chi connectivity index (χ3n) is 3.84. The molecule has 0 aliphatic carbocycles. The van der Waals surface area contributed by atoms with E-state index in [4.69, 9.17) is 9.47 Å². The first-order valence-corrected chi connectivity index (χ1v) is 8.86. The van der Waals surface area contributed by atoms with Crippen LogP contribution in [0.2, 0.25) is 0 Å². The van der Waals surface area contributed by atoms with Crippen LogP contribution in [-0.2, 0) is 9.47 Å². The highest BCUT2D eigenvalue weighted by molar-refractivity contribution is 14.1. The van der Waals surface area contributed by atoms with Crippen LogP contribution in [0.3, 0.4) is 0 Å². The van der Waals surface area contributed by atoms with Crippen LogP contribution in [0.4, 0.5) is 4.39 Å². The molecule has 0 unspecified atom stereocenters. The van der Waals surface area contributed by atoms with E-state index in [2.05, 4.69) is 5.10 Å². The van der Waals surface area contributed by atoms with E-state index in [9.17, 15) is 14.0 Å². The third-order valence-corrected chi connectivity index (χ3v) is 4.73. The largest absolute Gasteiger partial charge is 0.465 e. The summed E-state index contributed by atoms with van der Waals surface area (Å²) in [6, 6.07) is 12.9. The summed E-state index contributed by atoms with van der Waals surface area (Å²) in [6.45, 7) is 0. The van der Waals surface area contributed by atoms with Crippen molar-refractivity contribution in [3.63, 3.8) is 0 Å². The number of hydrogen-bond donors (Lipinski definition) is 0. The number of carbonyl (C=O) groups is 2. The maximum Gasteiger partial charge on any atom is 0.357 e. The first-order chi connectivity index (χ1) is 13.0. The molecular weight excluding hydrogens is 466 g/mol. The molecule has 0 fully saturated rings. The lowest BCUT2D eigenvalue weighted by Gasteiger charge is -2.07. The average Bonchev–Trinajstić information content (AvgIpc) is 3.07. The highest BCUT2D eigenvalue weighted by Gasteiger charge is 2.31. The molecule has 27 heavy (non-hydrogen) atoms. The lowest BCUT2D eigenvalue weighted by molar-refractivity contribution is 0.0549. The standard InChI is InChI=1S/C19H14FIN2O4/c1-26-18(24)15-16(13-9-8-11(20)10-14(13)21)22-23(17(15)19(25)27-2)12-6-4-3-5-7-12/h3-10H,1-2H3. The molecule has 3 aromatic rings. The van der Waals surface area contributed by atoms with Gasteiger partial charge in [0.1, 0.15) is 17.1 Å². The van der Waals surface area contributed by atoms with Gasteiger partial charge in [0, 0.05) is 9.13 Å². The summed E-state index contributed by atoms with van der Waals surface area (Å²) in [4.78, 5) is 25.0. The predicted molar refractivity (Wildman–Crippen MR) is 104 cm³/mol. The molecule has 8 heteroatoms. The monoisotopic (exact) mass is 480 g/mol. The van der Waals surface area contributed by atoms with E-state index < -0.39 is 17.8 Å². The molecule has 0 saturated heterocycles. The van der Waals surface area contributed by atoms with Crippen molar-refractivity contribution >= 4 is 34.5 Å². The molecule has 0 spiro atoms. The van der Waals surface area contributed by atoms with Gasteiger partial charge in [-0.05, 0) is 52.9 Å². The van der Waals surface area contributed by atoms with Crippen molar-refractivity contribution in [3.8, 4) is 16.9 Å². The normalized spacial score (nSPS) is 10.5. The van der Waals surface area contributed by atoms with Gasteiger partial charge in [0.2, 0.25) is 0 Å². The highest BCUT2D eigenvalue weighted by Crippen LogP contribution is 2.32. The Morgan fingerprint density at radius 3 is 2.30 bits per heavy atom. The Kier molecular flexibility index (Phi) is 5.54. The van der Waals surface area contributed by atoms with Gasteiger partial charge in [-0.2, -0.15) is 5.10 Å². The molecule has 0 aliphatic rings. The van der Waals surface area contributed by atoms with Crippen LogP contribution in [0.5, 0.6) is 0 Å². The Morgan fingerprint density at radius 1 is 1.04 bits per heavy atom. The molecule has 0 atom stereocenters. The van der Waals surface area contributed by atoms with Gasteiger partial charge in [0.25, 0.3) is 0 Å². The quantitative estimate of drug-likeness (QED) is 0.419. The summed E-state index contributed by atoms with van der Waals surface area (Å²) in [5.74, 6) is -1.90. The number of aromatic nitrogens is 2. The summed E-state index contributed by atoms with van der Waals surface area (Å²) in [5, 5.41) is 4.47. The fourth-order valence-electron chi connectivity index (χ4n) is 2.62. The van der Waals surface area contributed by atoms with Gasteiger partial charge < -0.3 is 9.47 Å². The Balaban J connectivity index is 2.38. The first-order valence-electron chi connectivity index (χ1n) is 7.78. The van der Waals surface area contributed by atoms with Crippen LogP contribution in [-0.4, -0.2) is 35.9 Å². The van der Waals surface area contributed by atoms with Crippen LogP contribution in [0, 0.1) is 9.39 Å². The van der Waals surface area contributed by atoms with Gasteiger partial charge in [0.05, 0.1) is 19.9 Å². The lowest BCUT2D eigenvalue weighted by Crippen LogP contribution is -2.15. The molecule has 0 N–H and O–H groups in total. The summed E-state index contributed by atoms with van der Waals surface area (Å²) in [5.41, 5.74) is 1.16. The zero-order chi connectivity index (χ0) is 19.6. The molecule has 1 aromatic heterocycles. The number of hydrogen-bond acceptors (Lipinski definition) is 5. The minimum Gasteiger partial charge on any atom is -0.465 e. The molecule has 138 valence electrons. The Hall–Kier alpha value is -2.75. The Bertz CT molecular complexity index is 1020. The number of rotatable bonds is 4. The second-order valence-electron chi connectivity index (χ2n) is 5.43. The van der Waals surface area contributed by atoms with Crippen LogP contribution in [0.15, 0.2) is 48.5 Å². The van der Waals surface area contributed by atoms with Crippen molar-refractivity contribution in [1.82, 2.24) is 9.78 Å². The SMILES string of the molecule is COC(=O)c1c(-c2ccc(F)cc2I)nn(-c2ccccc2)c1C(=O)OC. The summed E-state index contributed by atoms with van der Waals surface area (Å²) in [7, 11) is 2.43. The minimum absolute atomic E-state index is 0.0438. The van der Waals surface area contributed by atoms with Crippen molar-refractivity contribution < 1.29 is 23.5 Å². The van der Waals surface area contributed by atoms with Crippen LogP contribution >= 0.6 is 22.6 Å². The molecule has 6 nitrogen and oxygen atoms in total. The van der Waals surface area contributed by atoms with E-state index in [0.29, 0.717) is 14.8 Å². The number of benzene rings is 2. The number of nitrogens with zero attached hydrogens (tertiary/aromatic N) is 2. The smallest absolute Gasteiger partial charge is 0.357 e. The summed E-state index contributed by atoms with van der Waals surface area (Å²) < 4.78 is 25.1. The molecule has 3 rings (SSSR count). The molecule has 2 aromatic carbocycles. The number of ether oxygens (including phenoxy) is 2. The Labute approximate surface area is 168 Å². The van der Waals surface area contributed by atoms with Gasteiger partial charge >= 0.3 is 11.9 Å². The number of methoxy groups -OCH3 is 2. The first kappa shape index (κ1) is 19.0. The number of para-hydroxylation sites is 1. The lowest BCUT2D eigenvalue weighted by atomic mass is 10.1. The van der Waals surface area contributed by atoms with Crippen molar-refractivity contribution in [3.05, 3.63) is 69.2 Å². The summed E-state index contributed by atoms with van der Waals surface area (Å²) in [6.07, 6.45) is 0. The van der Waals surface area contributed by atoms with E-state index in [1.54, 1.807) is 24.3 Å². The van der Waals surface area contributed by atoms with Gasteiger partial charge in [-0.15, -0.1) is 0 Å². The highest BCUT2D eigenvalue weighted by atomic mass is 127. The van der Waals surface area contributed by atoms with Crippen LogP contribution in [0.25, 0.3) is 16.9 Å². The molecule has 0 saturated carbocycles. The fourth-order valence-corrected chi connectivity index (χ4v) is 3.36. The van der Waals surface area contributed by atoms with E-state index in [-0.39, 0.29) is 17.0 Å². The zero-order valence-corrected chi connectivity index (χ0v) is 16.6.